The van der Waals surface area contributed by atoms with Gasteiger partial charge in [-0.1, -0.05) is 5.16 Å². The molecular formula is C8H12F3N3O2. The highest BCUT2D eigenvalue weighted by Crippen LogP contribution is 2.13. The van der Waals surface area contributed by atoms with E-state index in [4.69, 9.17) is 4.52 Å². The molecule has 1 aromatic rings. The van der Waals surface area contributed by atoms with Crippen LogP contribution >= 0.6 is 0 Å². The second kappa shape index (κ2) is 5.80. The summed E-state index contributed by atoms with van der Waals surface area (Å²) >= 11 is 0. The van der Waals surface area contributed by atoms with Crippen LogP contribution in [0.2, 0.25) is 0 Å². The van der Waals surface area contributed by atoms with E-state index in [9.17, 15) is 13.2 Å². The van der Waals surface area contributed by atoms with Crippen LogP contribution in [-0.4, -0.2) is 36.1 Å². The molecule has 0 aromatic carbocycles. The second-order valence-electron chi connectivity index (χ2n) is 3.07. The number of nitrogens with zero attached hydrogens (tertiary/aromatic N) is 2. The van der Waals surface area contributed by atoms with Gasteiger partial charge < -0.3 is 14.6 Å². The Labute approximate surface area is 90.0 Å². The van der Waals surface area contributed by atoms with E-state index in [1.165, 1.54) is 0 Å². The molecule has 16 heavy (non-hydrogen) atoms. The Kier molecular flexibility index (Phi) is 4.69. The van der Waals surface area contributed by atoms with Crippen molar-refractivity contribution in [2.75, 3.05) is 19.8 Å². The Morgan fingerprint density at radius 1 is 1.44 bits per heavy atom. The highest BCUT2D eigenvalue weighted by atomic mass is 19.4. The summed E-state index contributed by atoms with van der Waals surface area (Å²) in [6.07, 6.45) is -4.27. The number of alkyl halides is 3. The minimum atomic E-state index is -4.27. The van der Waals surface area contributed by atoms with Crippen LogP contribution in [0.3, 0.4) is 0 Å². The molecular weight excluding hydrogens is 227 g/mol. The van der Waals surface area contributed by atoms with E-state index in [0.29, 0.717) is 24.8 Å². The zero-order valence-corrected chi connectivity index (χ0v) is 8.67. The first-order valence-corrected chi connectivity index (χ1v) is 4.62. The quantitative estimate of drug-likeness (QED) is 0.752. The molecule has 1 rings (SSSR count). The highest BCUT2D eigenvalue weighted by Gasteiger charge is 2.27. The molecule has 0 radical (unpaired) electrons. The number of nitrogens with one attached hydrogen (secondary N) is 1. The Bertz CT molecular complexity index is 314. The minimum absolute atomic E-state index is 0.0175. The Hall–Kier alpha value is -1.15. The topological polar surface area (TPSA) is 60.2 Å². The van der Waals surface area contributed by atoms with Gasteiger partial charge in [0.15, 0.2) is 5.82 Å². The smallest absolute Gasteiger partial charge is 0.371 e. The Morgan fingerprint density at radius 3 is 2.75 bits per heavy atom. The summed E-state index contributed by atoms with van der Waals surface area (Å²) < 4.78 is 44.1. The molecule has 0 aliphatic rings. The standard InChI is InChI=1S/C8H12F3N3O2/c1-6-13-7(14-16-6)4-12-2-3-15-5-8(9,10)11/h12H,2-5H2,1H3. The third-order valence-corrected chi connectivity index (χ3v) is 1.54. The van der Waals surface area contributed by atoms with Crippen molar-refractivity contribution >= 4 is 0 Å². The van der Waals surface area contributed by atoms with Crippen LogP contribution in [0.5, 0.6) is 0 Å². The van der Waals surface area contributed by atoms with Crippen molar-refractivity contribution in [2.24, 2.45) is 0 Å². The van der Waals surface area contributed by atoms with Gasteiger partial charge in [0, 0.05) is 13.5 Å². The number of hydrogen-bond donors (Lipinski definition) is 1. The number of rotatable bonds is 6. The van der Waals surface area contributed by atoms with Crippen LogP contribution in [0.25, 0.3) is 0 Å². The number of halogens is 3. The summed E-state index contributed by atoms with van der Waals surface area (Å²) in [6.45, 7) is 1.05. The number of aromatic nitrogens is 2. The summed E-state index contributed by atoms with van der Waals surface area (Å²) in [6, 6.07) is 0. The third-order valence-electron chi connectivity index (χ3n) is 1.54. The van der Waals surface area contributed by atoms with Crippen LogP contribution in [0.4, 0.5) is 13.2 Å². The van der Waals surface area contributed by atoms with E-state index in [0.717, 1.165) is 0 Å². The third kappa shape index (κ3) is 5.66. The maximum atomic E-state index is 11.7. The molecule has 0 saturated heterocycles. The van der Waals surface area contributed by atoms with E-state index in [1.807, 2.05) is 0 Å². The van der Waals surface area contributed by atoms with E-state index >= 15 is 0 Å². The lowest BCUT2D eigenvalue weighted by atomic mass is 10.5. The van der Waals surface area contributed by atoms with E-state index in [-0.39, 0.29) is 6.61 Å². The normalized spacial score (nSPS) is 12.0. The van der Waals surface area contributed by atoms with Crippen molar-refractivity contribution in [3.05, 3.63) is 11.7 Å². The molecule has 0 fully saturated rings. The highest BCUT2D eigenvalue weighted by molar-refractivity contribution is 4.82. The lowest BCUT2D eigenvalue weighted by molar-refractivity contribution is -0.173. The number of hydrogen-bond acceptors (Lipinski definition) is 5. The average Bonchev–Trinajstić information content (AvgIpc) is 2.56. The molecule has 1 aromatic heterocycles. The summed E-state index contributed by atoms with van der Waals surface area (Å²) in [5.41, 5.74) is 0. The molecule has 0 amide bonds. The molecule has 5 nitrogen and oxygen atoms in total. The summed E-state index contributed by atoms with van der Waals surface area (Å²) in [4.78, 5) is 3.91. The lowest BCUT2D eigenvalue weighted by Gasteiger charge is -2.07. The lowest BCUT2D eigenvalue weighted by Crippen LogP contribution is -2.24. The zero-order chi connectivity index (χ0) is 12.0. The monoisotopic (exact) mass is 239 g/mol. The maximum absolute atomic E-state index is 11.7. The molecule has 0 saturated carbocycles. The van der Waals surface area contributed by atoms with E-state index in [1.54, 1.807) is 6.92 Å². The predicted molar refractivity (Wildman–Crippen MR) is 47.6 cm³/mol. The largest absolute Gasteiger partial charge is 0.411 e. The fourth-order valence-corrected chi connectivity index (χ4v) is 0.946. The molecule has 1 heterocycles. The summed E-state index contributed by atoms with van der Waals surface area (Å²) in [5.74, 6) is 0.915. The first kappa shape index (κ1) is 12.9. The zero-order valence-electron chi connectivity index (χ0n) is 8.67. The average molecular weight is 239 g/mol. The van der Waals surface area contributed by atoms with Gasteiger partial charge in [-0.05, 0) is 0 Å². The van der Waals surface area contributed by atoms with Gasteiger partial charge in [-0.15, -0.1) is 0 Å². The van der Waals surface area contributed by atoms with Crippen LogP contribution in [-0.2, 0) is 11.3 Å². The van der Waals surface area contributed by atoms with Crippen LogP contribution in [0.1, 0.15) is 11.7 Å². The van der Waals surface area contributed by atoms with Gasteiger partial charge >= 0.3 is 6.18 Å². The molecule has 0 atom stereocenters. The number of ether oxygens (including phenoxy) is 1. The fraction of sp³-hybridized carbons (Fsp3) is 0.750. The molecule has 1 N–H and O–H groups in total. The van der Waals surface area contributed by atoms with Gasteiger partial charge in [0.1, 0.15) is 6.61 Å². The fourth-order valence-electron chi connectivity index (χ4n) is 0.946. The van der Waals surface area contributed by atoms with Gasteiger partial charge in [-0.3, -0.25) is 0 Å². The van der Waals surface area contributed by atoms with Gasteiger partial charge in [0.2, 0.25) is 5.89 Å². The molecule has 0 aliphatic heterocycles. The second-order valence-corrected chi connectivity index (χ2v) is 3.07. The van der Waals surface area contributed by atoms with Crippen molar-refractivity contribution in [2.45, 2.75) is 19.6 Å². The van der Waals surface area contributed by atoms with Crippen molar-refractivity contribution < 1.29 is 22.4 Å². The first-order chi connectivity index (χ1) is 7.47. The van der Waals surface area contributed by atoms with Gasteiger partial charge in [0.05, 0.1) is 13.2 Å². The van der Waals surface area contributed by atoms with Gasteiger partial charge in [0.25, 0.3) is 0 Å². The molecule has 0 bridgehead atoms. The number of aryl methyl sites for hydroxylation is 1. The van der Waals surface area contributed by atoms with Crippen molar-refractivity contribution in [1.82, 2.24) is 15.5 Å². The van der Waals surface area contributed by atoms with Crippen LogP contribution < -0.4 is 5.32 Å². The van der Waals surface area contributed by atoms with Crippen molar-refractivity contribution in [3.8, 4) is 0 Å². The van der Waals surface area contributed by atoms with Crippen molar-refractivity contribution in [3.63, 3.8) is 0 Å². The van der Waals surface area contributed by atoms with E-state index in [2.05, 4.69) is 20.2 Å². The van der Waals surface area contributed by atoms with E-state index < -0.39 is 12.8 Å². The van der Waals surface area contributed by atoms with Crippen LogP contribution in [0, 0.1) is 6.92 Å². The molecule has 0 unspecified atom stereocenters. The summed E-state index contributed by atoms with van der Waals surface area (Å²) in [5, 5.41) is 6.43. The SMILES string of the molecule is Cc1nc(CNCCOCC(F)(F)F)no1. The Morgan fingerprint density at radius 2 is 2.19 bits per heavy atom. The minimum Gasteiger partial charge on any atom is -0.371 e. The molecule has 0 spiro atoms. The Balaban J connectivity index is 2.00. The molecule has 8 heteroatoms. The van der Waals surface area contributed by atoms with Crippen molar-refractivity contribution in [1.29, 1.82) is 0 Å². The predicted octanol–water partition coefficient (Wildman–Crippen LogP) is 1.05. The summed E-state index contributed by atoms with van der Waals surface area (Å²) in [7, 11) is 0. The molecule has 92 valence electrons. The van der Waals surface area contributed by atoms with Gasteiger partial charge in [-0.25, -0.2) is 0 Å². The molecule has 0 aliphatic carbocycles. The van der Waals surface area contributed by atoms with Gasteiger partial charge in [-0.2, -0.15) is 18.2 Å². The first-order valence-electron chi connectivity index (χ1n) is 4.62. The van der Waals surface area contributed by atoms with Crippen LogP contribution in [0.15, 0.2) is 4.52 Å². The maximum Gasteiger partial charge on any atom is 0.411 e.